The summed E-state index contributed by atoms with van der Waals surface area (Å²) < 4.78 is 12.5. The van der Waals surface area contributed by atoms with E-state index in [1.165, 1.54) is 22.8 Å². The highest BCUT2D eigenvalue weighted by Gasteiger charge is 2.45. The minimum atomic E-state index is -1.91. The summed E-state index contributed by atoms with van der Waals surface area (Å²) in [5.41, 5.74) is 1.55. The van der Waals surface area contributed by atoms with E-state index in [1.807, 2.05) is 12.1 Å². The monoisotopic (exact) mass is 538 g/mol. The summed E-state index contributed by atoms with van der Waals surface area (Å²) in [6.45, 7) is 19.4. The van der Waals surface area contributed by atoms with Crippen LogP contribution in [0.15, 0.2) is 35.2 Å². The summed E-state index contributed by atoms with van der Waals surface area (Å²) in [6.07, 6.45) is -0.0667. The van der Waals surface area contributed by atoms with Gasteiger partial charge in [0, 0.05) is 11.4 Å². The number of fused-ring (bicyclic) bond motifs is 1. The highest BCUT2D eigenvalue weighted by atomic mass is 33.1. The van der Waals surface area contributed by atoms with Gasteiger partial charge in [-0.3, -0.25) is 4.79 Å². The number of amides is 1. The molecule has 34 heavy (non-hydrogen) atoms. The van der Waals surface area contributed by atoms with Crippen LogP contribution in [0.25, 0.3) is 10.2 Å². The molecule has 6 nitrogen and oxygen atoms in total. The fraction of sp³-hybridized carbons (Fsp3) is 0.542. The molecule has 2 heterocycles. The van der Waals surface area contributed by atoms with Crippen LogP contribution in [0.2, 0.25) is 18.1 Å². The number of hydrogen-bond donors (Lipinski definition) is 0. The van der Waals surface area contributed by atoms with Crippen LogP contribution >= 0.6 is 32.9 Å². The zero-order valence-electron chi connectivity index (χ0n) is 21.1. The van der Waals surface area contributed by atoms with Gasteiger partial charge in [0.15, 0.2) is 14.4 Å². The van der Waals surface area contributed by atoms with Crippen LogP contribution in [-0.2, 0) is 18.8 Å². The molecule has 3 rings (SSSR count). The summed E-state index contributed by atoms with van der Waals surface area (Å²) in [4.78, 5) is 32.3. The average Bonchev–Trinajstić information content (AvgIpc) is 3.19. The topological polar surface area (TPSA) is 68.7 Å². The van der Waals surface area contributed by atoms with Gasteiger partial charge in [-0.1, -0.05) is 55.0 Å². The molecule has 0 aliphatic carbocycles. The number of β-lactam (4-membered cyclic amide) rings is 1. The molecule has 3 atom stereocenters. The first-order valence-electron chi connectivity index (χ1n) is 11.2. The second kappa shape index (κ2) is 10.3. The van der Waals surface area contributed by atoms with E-state index in [-0.39, 0.29) is 22.3 Å². The van der Waals surface area contributed by atoms with E-state index in [4.69, 9.17) is 14.1 Å². The minimum Gasteiger partial charge on any atom is -0.467 e. The molecule has 1 aliphatic rings. The van der Waals surface area contributed by atoms with Crippen molar-refractivity contribution in [2.45, 2.75) is 75.0 Å². The van der Waals surface area contributed by atoms with Crippen LogP contribution in [0.1, 0.15) is 45.7 Å². The number of hydrogen-bond acceptors (Lipinski definition) is 8. The van der Waals surface area contributed by atoms with E-state index in [2.05, 4.69) is 53.4 Å². The Kier molecular flexibility index (Phi) is 8.29. The van der Waals surface area contributed by atoms with Crippen LogP contribution in [0.4, 0.5) is 0 Å². The number of para-hydroxylation sites is 1. The van der Waals surface area contributed by atoms with Gasteiger partial charge in [-0.2, -0.15) is 0 Å². The summed E-state index contributed by atoms with van der Waals surface area (Å²) >= 11 is 1.67. The second-order valence-electron chi connectivity index (χ2n) is 10.1. The Balaban J connectivity index is 1.69. The van der Waals surface area contributed by atoms with Gasteiger partial charge in [0.05, 0.1) is 23.4 Å². The minimum absolute atomic E-state index is 0.0667. The maximum absolute atomic E-state index is 12.7. The highest BCUT2D eigenvalue weighted by Crippen LogP contribution is 2.45. The van der Waals surface area contributed by atoms with E-state index < -0.39 is 20.3 Å². The molecule has 1 aliphatic heterocycles. The lowest BCUT2D eigenvalue weighted by Crippen LogP contribution is -2.61. The molecule has 1 saturated heterocycles. The molecule has 1 fully saturated rings. The van der Waals surface area contributed by atoms with Crippen molar-refractivity contribution in [3.05, 3.63) is 35.4 Å². The Morgan fingerprint density at radius 1 is 1.35 bits per heavy atom. The molecule has 0 bridgehead atoms. The summed E-state index contributed by atoms with van der Waals surface area (Å²) in [5, 5.41) is 0.896. The summed E-state index contributed by atoms with van der Waals surface area (Å²) in [6, 6.07) is 5.42. The Bertz CT molecular complexity index is 1100. The van der Waals surface area contributed by atoms with E-state index in [1.54, 1.807) is 29.1 Å². The molecular formula is C24H34N2O4S3Si. The molecule has 1 unspecified atom stereocenters. The average molecular weight is 539 g/mol. The number of carbonyl (C=O) groups excluding carboxylic acids is 2. The lowest BCUT2D eigenvalue weighted by Gasteiger charge is -2.41. The highest BCUT2D eigenvalue weighted by molar-refractivity contribution is 8.77. The normalized spacial score (nSPS) is 18.5. The molecule has 1 aromatic heterocycles. The van der Waals surface area contributed by atoms with Crippen LogP contribution in [-0.4, -0.2) is 55.0 Å². The maximum Gasteiger partial charge on any atom is 0.332 e. The third kappa shape index (κ3) is 5.56. The maximum atomic E-state index is 12.7. The Labute approximate surface area is 215 Å². The molecule has 0 saturated carbocycles. The fourth-order valence-corrected chi connectivity index (χ4v) is 8.38. The number of ether oxygens (including phenoxy) is 1. The van der Waals surface area contributed by atoms with Crippen molar-refractivity contribution in [3.63, 3.8) is 0 Å². The SMILES string of the molecule is C=C(C)C(C(=O)OC)N1C[C@H](SSc2cccc3sc([C@@H](C)O[Si](C)(C)C(C)(C)C)nc23)C1=O. The van der Waals surface area contributed by atoms with E-state index >= 15 is 0 Å². The van der Waals surface area contributed by atoms with E-state index in [0.717, 1.165) is 20.1 Å². The Morgan fingerprint density at radius 3 is 2.59 bits per heavy atom. The molecule has 0 spiro atoms. The van der Waals surface area contributed by atoms with E-state index in [9.17, 15) is 9.59 Å². The fourth-order valence-electron chi connectivity index (χ4n) is 3.39. The summed E-state index contributed by atoms with van der Waals surface area (Å²) in [7, 11) is 2.48. The Hall–Kier alpha value is -1.33. The van der Waals surface area contributed by atoms with Crippen molar-refractivity contribution in [3.8, 4) is 0 Å². The standard InChI is InChI=1S/C24H34N2O4S3Si/c1-14(2)20(23(28)29-7)26-13-18(22(26)27)33-32-17-12-10-11-16-19(17)25-21(31-16)15(3)30-34(8,9)24(4,5)6/h10-12,15,18,20H,1,13H2,2-9H3/t15-,18+,20?/m1/s1. The number of rotatable bonds is 9. The number of esters is 1. The zero-order valence-corrected chi connectivity index (χ0v) is 24.6. The smallest absolute Gasteiger partial charge is 0.332 e. The quantitative estimate of drug-likeness (QED) is 0.119. The summed E-state index contributed by atoms with van der Waals surface area (Å²) in [5.74, 6) is -0.524. The molecule has 1 amide bonds. The second-order valence-corrected chi connectivity index (χ2v) is 18.4. The number of likely N-dealkylation sites (tertiary alicyclic amines) is 1. The third-order valence-corrected chi connectivity index (χ3v) is 14.9. The molecule has 2 aromatic rings. The van der Waals surface area contributed by atoms with Crippen molar-refractivity contribution in [2.75, 3.05) is 13.7 Å². The number of methoxy groups -OCH3 is 1. The molecule has 10 heteroatoms. The lowest BCUT2D eigenvalue weighted by atomic mass is 10.0. The van der Waals surface area contributed by atoms with Crippen molar-refractivity contribution in [1.82, 2.24) is 9.88 Å². The number of thiazole rings is 1. The van der Waals surface area contributed by atoms with Gasteiger partial charge >= 0.3 is 5.97 Å². The van der Waals surface area contributed by atoms with Crippen LogP contribution in [0.3, 0.4) is 0 Å². The Morgan fingerprint density at radius 2 is 2.03 bits per heavy atom. The predicted molar refractivity (Wildman–Crippen MR) is 146 cm³/mol. The van der Waals surface area contributed by atoms with Gasteiger partial charge in [-0.25, -0.2) is 9.78 Å². The number of nitrogens with zero attached hydrogens (tertiary/aromatic N) is 2. The predicted octanol–water partition coefficient (Wildman–Crippen LogP) is 6.45. The van der Waals surface area contributed by atoms with Crippen molar-refractivity contribution in [1.29, 1.82) is 0 Å². The molecular weight excluding hydrogens is 505 g/mol. The largest absolute Gasteiger partial charge is 0.467 e. The molecule has 1 aromatic carbocycles. The number of aromatic nitrogens is 1. The van der Waals surface area contributed by atoms with Crippen LogP contribution in [0.5, 0.6) is 0 Å². The van der Waals surface area contributed by atoms with Crippen LogP contribution < -0.4 is 0 Å². The van der Waals surface area contributed by atoms with Gasteiger partial charge in [-0.05, 0) is 49.7 Å². The number of benzene rings is 1. The van der Waals surface area contributed by atoms with Crippen molar-refractivity contribution < 1.29 is 18.8 Å². The van der Waals surface area contributed by atoms with E-state index in [0.29, 0.717) is 12.1 Å². The molecule has 0 N–H and O–H groups in total. The first-order chi connectivity index (χ1) is 15.8. The van der Waals surface area contributed by atoms with Crippen molar-refractivity contribution >= 4 is 63.3 Å². The van der Waals surface area contributed by atoms with Gasteiger partial charge < -0.3 is 14.1 Å². The first kappa shape index (κ1) is 27.3. The van der Waals surface area contributed by atoms with Gasteiger partial charge in [-0.15, -0.1) is 11.3 Å². The first-order valence-corrected chi connectivity index (χ1v) is 17.1. The lowest BCUT2D eigenvalue weighted by molar-refractivity contribution is -0.155. The number of carbonyl (C=O) groups is 2. The third-order valence-electron chi connectivity index (χ3n) is 6.40. The van der Waals surface area contributed by atoms with Gasteiger partial charge in [0.25, 0.3) is 0 Å². The van der Waals surface area contributed by atoms with Crippen molar-refractivity contribution in [2.24, 2.45) is 0 Å². The van der Waals surface area contributed by atoms with Crippen LogP contribution in [0, 0.1) is 0 Å². The molecule has 0 radical (unpaired) electrons. The molecule has 186 valence electrons. The van der Waals surface area contributed by atoms with Gasteiger partial charge in [0.2, 0.25) is 5.91 Å². The zero-order chi connectivity index (χ0) is 25.4. The van der Waals surface area contributed by atoms with Gasteiger partial charge in [0.1, 0.15) is 10.3 Å².